The summed E-state index contributed by atoms with van der Waals surface area (Å²) in [7, 11) is 0. The van der Waals surface area contributed by atoms with Crippen molar-refractivity contribution in [2.45, 2.75) is 70.4 Å². The smallest absolute Gasteiger partial charge is 0.234 e. The van der Waals surface area contributed by atoms with E-state index in [2.05, 4.69) is 22.0 Å². The summed E-state index contributed by atoms with van der Waals surface area (Å²) >= 11 is 0. The van der Waals surface area contributed by atoms with Crippen LogP contribution in [0.5, 0.6) is 0 Å². The van der Waals surface area contributed by atoms with E-state index in [1.807, 2.05) is 0 Å². The Labute approximate surface area is 147 Å². The van der Waals surface area contributed by atoms with Gasteiger partial charge in [-0.15, -0.1) is 0 Å². The zero-order chi connectivity index (χ0) is 16.5. The Bertz CT molecular complexity index is 440. The summed E-state index contributed by atoms with van der Waals surface area (Å²) in [5, 5.41) is 3.33. The van der Waals surface area contributed by atoms with E-state index in [4.69, 9.17) is 0 Å². The van der Waals surface area contributed by atoms with Crippen LogP contribution in [0, 0.1) is 17.8 Å². The molecule has 4 atom stereocenters. The second-order valence-electron chi connectivity index (χ2n) is 8.95. The maximum absolute atomic E-state index is 12.5. The molecule has 0 radical (unpaired) electrons. The lowest BCUT2D eigenvalue weighted by atomic mass is 9.84. The van der Waals surface area contributed by atoms with Crippen LogP contribution in [0.4, 0.5) is 0 Å². The van der Waals surface area contributed by atoms with Crippen LogP contribution in [0.3, 0.4) is 0 Å². The molecule has 2 aliphatic heterocycles. The average Bonchev–Trinajstić information content (AvgIpc) is 3.33. The number of nitrogens with zero attached hydrogens (tertiary/aromatic N) is 2. The Morgan fingerprint density at radius 2 is 1.79 bits per heavy atom. The molecule has 4 fully saturated rings. The van der Waals surface area contributed by atoms with E-state index in [0.717, 1.165) is 36.9 Å². The first-order chi connectivity index (χ1) is 11.7. The third-order valence-corrected chi connectivity index (χ3v) is 7.41. The molecular formula is C20H35N3O. The van der Waals surface area contributed by atoms with Crippen LogP contribution in [0.2, 0.25) is 0 Å². The zero-order valence-corrected chi connectivity index (χ0v) is 15.4. The SMILES string of the molecule is CC(NC(=O)CN1CCC(N2CCCC2)CC1)C1CC2CCC1C2. The number of nitrogens with one attached hydrogen (secondary N) is 1. The minimum absolute atomic E-state index is 0.255. The van der Waals surface area contributed by atoms with Crippen LogP contribution in [0.25, 0.3) is 0 Å². The van der Waals surface area contributed by atoms with Crippen LogP contribution in [-0.2, 0) is 4.79 Å². The zero-order valence-electron chi connectivity index (χ0n) is 15.4. The third kappa shape index (κ3) is 3.65. The van der Waals surface area contributed by atoms with Gasteiger partial charge in [0.25, 0.3) is 0 Å². The summed E-state index contributed by atoms with van der Waals surface area (Å²) in [6, 6.07) is 1.15. The molecule has 24 heavy (non-hydrogen) atoms. The number of carbonyl (C=O) groups excluding carboxylic acids is 1. The fraction of sp³-hybridized carbons (Fsp3) is 0.950. The second kappa shape index (κ2) is 7.33. The monoisotopic (exact) mass is 333 g/mol. The molecule has 0 spiro atoms. The maximum Gasteiger partial charge on any atom is 0.234 e. The van der Waals surface area contributed by atoms with Crippen molar-refractivity contribution >= 4 is 5.91 Å². The predicted molar refractivity (Wildman–Crippen MR) is 96.8 cm³/mol. The number of carbonyl (C=O) groups is 1. The van der Waals surface area contributed by atoms with Crippen LogP contribution in [0.15, 0.2) is 0 Å². The van der Waals surface area contributed by atoms with Gasteiger partial charge >= 0.3 is 0 Å². The summed E-state index contributed by atoms with van der Waals surface area (Å²) in [5.74, 6) is 2.85. The molecule has 2 heterocycles. The highest BCUT2D eigenvalue weighted by atomic mass is 16.2. The van der Waals surface area contributed by atoms with Crippen molar-refractivity contribution in [1.29, 1.82) is 0 Å². The Kier molecular flexibility index (Phi) is 5.14. The minimum Gasteiger partial charge on any atom is -0.352 e. The summed E-state index contributed by atoms with van der Waals surface area (Å²) in [6.45, 7) is 7.63. The van der Waals surface area contributed by atoms with Gasteiger partial charge in [0.1, 0.15) is 0 Å². The van der Waals surface area contributed by atoms with E-state index in [1.165, 1.54) is 64.5 Å². The lowest BCUT2D eigenvalue weighted by Gasteiger charge is -2.36. The van der Waals surface area contributed by atoms with Crippen LogP contribution in [0.1, 0.15) is 58.3 Å². The van der Waals surface area contributed by atoms with E-state index in [1.54, 1.807) is 0 Å². The summed E-state index contributed by atoms with van der Waals surface area (Å²) < 4.78 is 0. The molecule has 0 aromatic rings. The first kappa shape index (κ1) is 16.8. The first-order valence-electron chi connectivity index (χ1n) is 10.4. The molecule has 136 valence electrons. The molecule has 4 rings (SSSR count). The summed E-state index contributed by atoms with van der Waals surface area (Å²) in [4.78, 5) is 17.5. The van der Waals surface area contributed by atoms with Gasteiger partial charge in [-0.1, -0.05) is 6.42 Å². The number of fused-ring (bicyclic) bond motifs is 2. The van der Waals surface area contributed by atoms with E-state index < -0.39 is 0 Å². The summed E-state index contributed by atoms with van der Waals surface area (Å²) in [6.07, 6.45) is 10.9. The fourth-order valence-electron chi connectivity index (χ4n) is 6.07. The van der Waals surface area contributed by atoms with Gasteiger partial charge in [0, 0.05) is 25.2 Å². The quantitative estimate of drug-likeness (QED) is 0.840. The highest BCUT2D eigenvalue weighted by molar-refractivity contribution is 5.78. The number of hydrogen-bond donors (Lipinski definition) is 1. The van der Waals surface area contributed by atoms with E-state index in [-0.39, 0.29) is 5.91 Å². The topological polar surface area (TPSA) is 35.6 Å². The normalized spacial score (nSPS) is 36.3. The Morgan fingerprint density at radius 1 is 1.04 bits per heavy atom. The lowest BCUT2D eigenvalue weighted by Crippen LogP contribution is -2.49. The standard InChI is InChI=1S/C20H35N3O/c1-15(19-13-16-4-5-17(19)12-16)21-20(24)14-22-10-6-18(7-11-22)23-8-2-3-9-23/h15-19H,2-14H2,1H3,(H,21,24). The Morgan fingerprint density at radius 3 is 2.42 bits per heavy atom. The summed E-state index contributed by atoms with van der Waals surface area (Å²) in [5.41, 5.74) is 0. The van der Waals surface area contributed by atoms with Crippen molar-refractivity contribution in [2.75, 3.05) is 32.7 Å². The lowest BCUT2D eigenvalue weighted by molar-refractivity contribution is -0.123. The van der Waals surface area contributed by atoms with Crippen molar-refractivity contribution < 1.29 is 4.79 Å². The molecule has 4 aliphatic rings. The molecule has 4 heteroatoms. The highest BCUT2D eigenvalue weighted by Gasteiger charge is 2.42. The molecule has 2 bridgehead atoms. The van der Waals surface area contributed by atoms with Gasteiger partial charge < -0.3 is 10.2 Å². The number of amides is 1. The Hall–Kier alpha value is -0.610. The van der Waals surface area contributed by atoms with Gasteiger partial charge in [-0.25, -0.2) is 0 Å². The number of likely N-dealkylation sites (tertiary alicyclic amines) is 2. The van der Waals surface area contributed by atoms with Crippen LogP contribution < -0.4 is 5.32 Å². The molecule has 4 unspecified atom stereocenters. The molecule has 2 saturated carbocycles. The predicted octanol–water partition coefficient (Wildman–Crippen LogP) is 2.49. The van der Waals surface area contributed by atoms with Gasteiger partial charge in [0.2, 0.25) is 5.91 Å². The van der Waals surface area contributed by atoms with Gasteiger partial charge in [-0.05, 0) is 82.7 Å². The van der Waals surface area contributed by atoms with Crippen molar-refractivity contribution in [2.24, 2.45) is 17.8 Å². The molecule has 2 aliphatic carbocycles. The molecule has 0 aromatic heterocycles. The Balaban J connectivity index is 1.18. The number of hydrogen-bond acceptors (Lipinski definition) is 3. The molecular weight excluding hydrogens is 298 g/mol. The van der Waals surface area contributed by atoms with Crippen molar-refractivity contribution in [3.05, 3.63) is 0 Å². The average molecular weight is 334 g/mol. The van der Waals surface area contributed by atoms with Crippen molar-refractivity contribution in [3.63, 3.8) is 0 Å². The van der Waals surface area contributed by atoms with Gasteiger partial charge in [0.05, 0.1) is 6.54 Å². The van der Waals surface area contributed by atoms with Gasteiger partial charge in [0.15, 0.2) is 0 Å². The maximum atomic E-state index is 12.5. The van der Waals surface area contributed by atoms with Crippen molar-refractivity contribution in [1.82, 2.24) is 15.1 Å². The van der Waals surface area contributed by atoms with Crippen molar-refractivity contribution in [3.8, 4) is 0 Å². The van der Waals surface area contributed by atoms with E-state index in [9.17, 15) is 4.79 Å². The molecule has 1 N–H and O–H groups in total. The molecule has 2 saturated heterocycles. The van der Waals surface area contributed by atoms with E-state index in [0.29, 0.717) is 12.6 Å². The molecule has 1 amide bonds. The van der Waals surface area contributed by atoms with Crippen LogP contribution >= 0.6 is 0 Å². The highest BCUT2D eigenvalue weighted by Crippen LogP contribution is 2.49. The van der Waals surface area contributed by atoms with Crippen LogP contribution in [-0.4, -0.2) is 60.5 Å². The van der Waals surface area contributed by atoms with Gasteiger partial charge in [-0.2, -0.15) is 0 Å². The molecule has 0 aromatic carbocycles. The van der Waals surface area contributed by atoms with E-state index >= 15 is 0 Å². The molecule has 4 nitrogen and oxygen atoms in total. The largest absolute Gasteiger partial charge is 0.352 e. The third-order valence-electron chi connectivity index (χ3n) is 7.41. The number of piperidine rings is 1. The fourth-order valence-corrected chi connectivity index (χ4v) is 6.07. The minimum atomic E-state index is 0.255. The van der Waals surface area contributed by atoms with Gasteiger partial charge in [-0.3, -0.25) is 9.69 Å². The number of rotatable bonds is 5. The first-order valence-corrected chi connectivity index (χ1v) is 10.4. The second-order valence-corrected chi connectivity index (χ2v) is 8.95.